The van der Waals surface area contributed by atoms with Crippen LogP contribution >= 0.6 is 11.8 Å². The van der Waals surface area contributed by atoms with E-state index < -0.39 is 29.1 Å². The van der Waals surface area contributed by atoms with E-state index in [1.807, 2.05) is 11.8 Å². The SMILES string of the molecule is C[C@H]1[C@@H](C(C)(C)O)CCN1C1=NC(=O)S/C1=C\c1ccc2nn(Cc3ccc(C(F)(F)F)cc3C(F)(F)F)cc2c1. The quantitative estimate of drug-likeness (QED) is 0.323. The van der Waals surface area contributed by atoms with E-state index in [0.29, 0.717) is 39.8 Å². The molecule has 0 bridgehead atoms. The number of alkyl halides is 6. The van der Waals surface area contributed by atoms with Crippen molar-refractivity contribution in [2.45, 2.75) is 57.7 Å². The van der Waals surface area contributed by atoms with Crippen molar-refractivity contribution in [3.05, 3.63) is 69.8 Å². The van der Waals surface area contributed by atoms with Gasteiger partial charge in [0.05, 0.1) is 33.7 Å². The molecule has 0 spiro atoms. The molecule has 3 aromatic rings. The maximum absolute atomic E-state index is 13.6. The number of hydrogen-bond acceptors (Lipinski definition) is 5. The molecule has 41 heavy (non-hydrogen) atoms. The van der Waals surface area contributed by atoms with Crippen molar-refractivity contribution in [2.75, 3.05) is 6.54 Å². The van der Waals surface area contributed by atoms with Crippen molar-refractivity contribution in [3.8, 4) is 0 Å². The first-order valence-corrected chi connectivity index (χ1v) is 13.6. The lowest BCUT2D eigenvalue weighted by atomic mass is 9.85. The average molecular weight is 597 g/mol. The molecule has 2 aliphatic rings. The second-order valence-electron chi connectivity index (χ2n) is 10.8. The van der Waals surface area contributed by atoms with Crippen molar-refractivity contribution in [1.82, 2.24) is 14.7 Å². The van der Waals surface area contributed by atoms with E-state index in [4.69, 9.17) is 0 Å². The van der Waals surface area contributed by atoms with Gasteiger partial charge in [0.25, 0.3) is 0 Å². The Morgan fingerprint density at radius 1 is 1.07 bits per heavy atom. The van der Waals surface area contributed by atoms with Gasteiger partial charge in [0.1, 0.15) is 5.84 Å². The van der Waals surface area contributed by atoms with Crippen LogP contribution in [0.2, 0.25) is 0 Å². The van der Waals surface area contributed by atoms with Gasteiger partial charge in [-0.3, -0.25) is 9.48 Å². The Kier molecular flexibility index (Phi) is 7.26. The van der Waals surface area contributed by atoms with E-state index in [9.17, 15) is 36.2 Å². The van der Waals surface area contributed by atoms with Gasteiger partial charge in [-0.05, 0) is 80.4 Å². The highest BCUT2D eigenvalue weighted by Gasteiger charge is 2.43. The van der Waals surface area contributed by atoms with Crippen LogP contribution in [-0.4, -0.2) is 49.0 Å². The molecular weight excluding hydrogens is 570 g/mol. The number of amidine groups is 1. The van der Waals surface area contributed by atoms with Crippen LogP contribution < -0.4 is 0 Å². The molecule has 1 amide bonds. The molecule has 1 N–H and O–H groups in total. The van der Waals surface area contributed by atoms with Crippen LogP contribution in [0.4, 0.5) is 31.1 Å². The number of likely N-dealkylation sites (tertiary alicyclic amines) is 1. The predicted molar refractivity (Wildman–Crippen MR) is 144 cm³/mol. The number of nitrogens with zero attached hydrogens (tertiary/aromatic N) is 4. The highest BCUT2D eigenvalue weighted by atomic mass is 32.2. The summed E-state index contributed by atoms with van der Waals surface area (Å²) in [6, 6.07) is 6.71. The Morgan fingerprint density at radius 2 is 1.80 bits per heavy atom. The molecule has 13 heteroatoms. The third-order valence-electron chi connectivity index (χ3n) is 7.50. The number of carbonyl (C=O) groups excluding carboxylic acids is 1. The van der Waals surface area contributed by atoms with Crippen molar-refractivity contribution >= 4 is 39.8 Å². The Labute approximate surface area is 235 Å². The normalized spacial score (nSPS) is 21.4. The van der Waals surface area contributed by atoms with Gasteiger partial charge in [-0.25, -0.2) is 0 Å². The van der Waals surface area contributed by atoms with Crippen molar-refractivity contribution in [2.24, 2.45) is 10.9 Å². The van der Waals surface area contributed by atoms with Gasteiger partial charge in [-0.2, -0.15) is 36.4 Å². The molecule has 0 saturated carbocycles. The third-order valence-corrected chi connectivity index (χ3v) is 8.28. The van der Waals surface area contributed by atoms with Gasteiger partial charge >= 0.3 is 17.6 Å². The number of thioether (sulfide) groups is 1. The number of amides is 1. The first kappa shape index (κ1) is 29.2. The average Bonchev–Trinajstić information content (AvgIpc) is 3.53. The number of aromatic nitrogens is 2. The van der Waals surface area contributed by atoms with E-state index >= 15 is 0 Å². The van der Waals surface area contributed by atoms with Crippen LogP contribution in [-0.2, 0) is 18.9 Å². The number of benzene rings is 2. The van der Waals surface area contributed by atoms with Crippen LogP contribution in [0, 0.1) is 5.92 Å². The molecule has 0 unspecified atom stereocenters. The number of aliphatic hydroxyl groups is 1. The largest absolute Gasteiger partial charge is 0.416 e. The number of rotatable bonds is 4. The Hall–Kier alpha value is -3.32. The minimum atomic E-state index is -4.97. The number of hydrogen-bond donors (Lipinski definition) is 1. The molecule has 1 saturated heterocycles. The second kappa shape index (κ2) is 10.2. The molecule has 0 aliphatic carbocycles. The molecule has 3 heterocycles. The van der Waals surface area contributed by atoms with E-state index in [-0.39, 0.29) is 35.4 Å². The summed E-state index contributed by atoms with van der Waals surface area (Å²) in [7, 11) is 0. The predicted octanol–water partition coefficient (Wildman–Crippen LogP) is 7.21. The van der Waals surface area contributed by atoms with Crippen LogP contribution in [0.1, 0.15) is 49.4 Å². The highest BCUT2D eigenvalue weighted by molar-refractivity contribution is 8.18. The zero-order valence-electron chi connectivity index (χ0n) is 22.2. The summed E-state index contributed by atoms with van der Waals surface area (Å²) in [6.45, 7) is 5.78. The first-order chi connectivity index (χ1) is 19.0. The minimum Gasteiger partial charge on any atom is -0.390 e. The lowest BCUT2D eigenvalue weighted by Crippen LogP contribution is -2.42. The number of carbonyl (C=O) groups is 1. The highest BCUT2D eigenvalue weighted by Crippen LogP contribution is 2.40. The summed E-state index contributed by atoms with van der Waals surface area (Å²) in [5.74, 6) is 0.536. The molecule has 2 aliphatic heterocycles. The second-order valence-corrected chi connectivity index (χ2v) is 11.8. The van der Waals surface area contributed by atoms with Crippen molar-refractivity contribution in [3.63, 3.8) is 0 Å². The molecule has 218 valence electrons. The van der Waals surface area contributed by atoms with Gasteiger partial charge in [-0.1, -0.05) is 12.1 Å². The van der Waals surface area contributed by atoms with E-state index in [1.165, 1.54) is 10.9 Å². The summed E-state index contributed by atoms with van der Waals surface area (Å²) >= 11 is 0.992. The fourth-order valence-electron chi connectivity index (χ4n) is 5.53. The van der Waals surface area contributed by atoms with Crippen LogP contribution in [0.25, 0.3) is 17.0 Å². The standard InChI is InChI=1S/C28H26F6N4O2S/c1-15-20(26(2,3)40)8-9-38(15)24-23(41-25(39)35-24)11-16-4-7-22-18(10-16)14-37(36-22)13-17-5-6-19(27(29,30)31)12-21(17)28(32,33)34/h4-7,10-12,14-15,20,40H,8-9,13H2,1-3H3/b23-11-/t15-,20-/m0/s1. The molecule has 6 nitrogen and oxygen atoms in total. The number of halogens is 6. The molecule has 0 radical (unpaired) electrons. The monoisotopic (exact) mass is 596 g/mol. The summed E-state index contributed by atoms with van der Waals surface area (Å²) in [6.07, 6.45) is -5.81. The van der Waals surface area contributed by atoms with Crippen LogP contribution in [0.15, 0.2) is 52.5 Å². The topological polar surface area (TPSA) is 70.7 Å². The molecule has 2 atom stereocenters. The van der Waals surface area contributed by atoms with E-state index in [2.05, 4.69) is 10.1 Å². The van der Waals surface area contributed by atoms with Gasteiger partial charge in [0.15, 0.2) is 0 Å². The van der Waals surface area contributed by atoms with E-state index in [0.717, 1.165) is 24.2 Å². The zero-order chi connectivity index (χ0) is 29.9. The Bertz CT molecular complexity index is 1570. The lowest BCUT2D eigenvalue weighted by molar-refractivity contribution is -0.143. The maximum atomic E-state index is 13.6. The van der Waals surface area contributed by atoms with Gasteiger partial charge in [0, 0.05) is 30.1 Å². The summed E-state index contributed by atoms with van der Waals surface area (Å²) in [4.78, 5) is 19.1. The Balaban J connectivity index is 1.41. The van der Waals surface area contributed by atoms with Gasteiger partial charge < -0.3 is 10.0 Å². The zero-order valence-corrected chi connectivity index (χ0v) is 23.0. The summed E-state index contributed by atoms with van der Waals surface area (Å²) in [5.41, 5.74) is -2.78. The Morgan fingerprint density at radius 3 is 2.44 bits per heavy atom. The smallest absolute Gasteiger partial charge is 0.390 e. The van der Waals surface area contributed by atoms with Crippen LogP contribution in [0.3, 0.4) is 0 Å². The molecular formula is C28H26F6N4O2S. The first-order valence-electron chi connectivity index (χ1n) is 12.8. The molecule has 5 rings (SSSR count). The number of aliphatic imine (C=N–C) groups is 1. The maximum Gasteiger partial charge on any atom is 0.416 e. The van der Waals surface area contributed by atoms with Crippen molar-refractivity contribution < 1.29 is 36.2 Å². The number of fused-ring (bicyclic) bond motifs is 1. The summed E-state index contributed by atoms with van der Waals surface area (Å²) < 4.78 is 81.1. The van der Waals surface area contributed by atoms with Gasteiger partial charge in [0.2, 0.25) is 0 Å². The fraction of sp³-hybridized carbons (Fsp3) is 0.393. The van der Waals surface area contributed by atoms with E-state index in [1.54, 1.807) is 38.1 Å². The van der Waals surface area contributed by atoms with Crippen molar-refractivity contribution in [1.29, 1.82) is 0 Å². The van der Waals surface area contributed by atoms with Crippen LogP contribution in [0.5, 0.6) is 0 Å². The minimum absolute atomic E-state index is 0.00290. The molecule has 2 aromatic carbocycles. The van der Waals surface area contributed by atoms with Gasteiger partial charge in [-0.15, -0.1) is 0 Å². The molecule has 1 fully saturated rings. The lowest BCUT2D eigenvalue weighted by Gasteiger charge is -2.32. The molecule has 1 aromatic heterocycles. The third kappa shape index (κ3) is 6.01. The summed E-state index contributed by atoms with van der Waals surface area (Å²) in [5, 5.41) is 15.1. The fourth-order valence-corrected chi connectivity index (χ4v) is 6.30.